The fourth-order valence-electron chi connectivity index (χ4n) is 0.614. The molecule has 1 atom stereocenters. The molecule has 0 saturated heterocycles. The molecule has 1 unspecified atom stereocenters. The lowest BCUT2D eigenvalue weighted by atomic mass is 10.2. The summed E-state index contributed by atoms with van der Waals surface area (Å²) in [7, 11) is 0. The summed E-state index contributed by atoms with van der Waals surface area (Å²) in [6.07, 6.45) is -0.343. The number of ether oxygens (including phenoxy) is 2. The Kier molecular flexibility index (Phi) is 3.91. The fourth-order valence-corrected chi connectivity index (χ4v) is 0.614. The number of hydrogen-bond acceptors (Lipinski definition) is 2. The Morgan fingerprint density at radius 2 is 1.90 bits per heavy atom. The molecular formula is C8H17O2. The minimum atomic E-state index is -0.343. The predicted molar refractivity (Wildman–Crippen MR) is 41.6 cm³/mol. The van der Waals surface area contributed by atoms with Crippen LogP contribution >= 0.6 is 0 Å². The van der Waals surface area contributed by atoms with Gasteiger partial charge in [-0.25, -0.2) is 0 Å². The third-order valence-electron chi connectivity index (χ3n) is 0.838. The Morgan fingerprint density at radius 3 is 2.20 bits per heavy atom. The van der Waals surface area contributed by atoms with Gasteiger partial charge in [0.15, 0.2) is 6.29 Å². The lowest BCUT2D eigenvalue weighted by molar-refractivity contribution is -0.168. The Balaban J connectivity index is 3.47. The first-order chi connectivity index (χ1) is 4.45. The Morgan fingerprint density at radius 1 is 1.40 bits per heavy atom. The average Bonchev–Trinajstić information content (AvgIpc) is 1.59. The van der Waals surface area contributed by atoms with Gasteiger partial charge in [0.05, 0.1) is 5.60 Å². The molecule has 0 bridgehead atoms. The molecule has 0 amide bonds. The molecule has 1 radical (unpaired) electrons. The molecule has 0 aromatic rings. The van der Waals surface area contributed by atoms with Gasteiger partial charge in [-0.2, -0.15) is 0 Å². The quantitative estimate of drug-likeness (QED) is 0.565. The molecule has 0 aromatic heterocycles. The van der Waals surface area contributed by atoms with Crippen molar-refractivity contribution < 1.29 is 9.47 Å². The highest BCUT2D eigenvalue weighted by molar-refractivity contribution is 4.61. The predicted octanol–water partition coefficient (Wildman–Crippen LogP) is 2.00. The van der Waals surface area contributed by atoms with Crippen molar-refractivity contribution >= 4 is 0 Å². The zero-order chi connectivity index (χ0) is 8.20. The highest BCUT2D eigenvalue weighted by Gasteiger charge is 2.14. The first kappa shape index (κ1) is 9.92. The zero-order valence-corrected chi connectivity index (χ0v) is 7.31. The van der Waals surface area contributed by atoms with Gasteiger partial charge in [0, 0.05) is 13.5 Å². The van der Waals surface area contributed by atoms with E-state index in [1.54, 1.807) is 0 Å². The summed E-state index contributed by atoms with van der Waals surface area (Å²) in [6, 6.07) is 0. The van der Waals surface area contributed by atoms with Crippen LogP contribution in [0, 0.1) is 6.92 Å². The van der Waals surface area contributed by atoms with Crippen molar-refractivity contribution in [2.45, 2.75) is 39.6 Å². The summed E-state index contributed by atoms with van der Waals surface area (Å²) in [5, 5.41) is 0. The van der Waals surface area contributed by atoms with Gasteiger partial charge in [0.2, 0.25) is 0 Å². The maximum atomic E-state index is 5.34. The second kappa shape index (κ2) is 3.94. The topological polar surface area (TPSA) is 18.5 Å². The minimum absolute atomic E-state index is 0.165. The zero-order valence-electron chi connectivity index (χ0n) is 7.31. The minimum Gasteiger partial charge on any atom is -0.353 e. The van der Waals surface area contributed by atoms with E-state index in [-0.39, 0.29) is 11.9 Å². The highest BCUT2D eigenvalue weighted by Crippen LogP contribution is 2.10. The number of rotatable bonds is 3. The first-order valence-electron chi connectivity index (χ1n) is 3.58. The molecule has 0 N–H and O–H groups in total. The van der Waals surface area contributed by atoms with E-state index in [1.807, 2.05) is 27.7 Å². The fraction of sp³-hybridized carbons (Fsp3) is 0.875. The van der Waals surface area contributed by atoms with Crippen LogP contribution in [0.15, 0.2) is 0 Å². The van der Waals surface area contributed by atoms with E-state index in [9.17, 15) is 0 Å². The van der Waals surface area contributed by atoms with Crippen molar-refractivity contribution in [3.8, 4) is 0 Å². The van der Waals surface area contributed by atoms with Crippen molar-refractivity contribution in [3.05, 3.63) is 6.92 Å². The molecule has 0 aliphatic carbocycles. The first-order valence-corrected chi connectivity index (χ1v) is 3.58. The lowest BCUT2D eigenvalue weighted by Gasteiger charge is -2.24. The summed E-state index contributed by atoms with van der Waals surface area (Å²) < 4.78 is 10.4. The summed E-state index contributed by atoms with van der Waals surface area (Å²) in [4.78, 5) is 0. The van der Waals surface area contributed by atoms with Crippen LogP contribution in [0.3, 0.4) is 0 Å². The largest absolute Gasteiger partial charge is 0.353 e. The van der Waals surface area contributed by atoms with Gasteiger partial charge >= 0.3 is 0 Å². The smallest absolute Gasteiger partial charge is 0.158 e. The van der Waals surface area contributed by atoms with Crippen LogP contribution in [-0.2, 0) is 9.47 Å². The summed E-state index contributed by atoms with van der Waals surface area (Å²) in [6.45, 7) is 12.2. The Hall–Kier alpha value is -0.0800. The third-order valence-corrected chi connectivity index (χ3v) is 0.838. The molecule has 0 saturated carbocycles. The van der Waals surface area contributed by atoms with Gasteiger partial charge < -0.3 is 9.47 Å². The second-order valence-electron chi connectivity index (χ2n) is 3.12. The van der Waals surface area contributed by atoms with E-state index in [1.165, 1.54) is 0 Å². The molecule has 2 nitrogen and oxygen atoms in total. The molecule has 0 heterocycles. The van der Waals surface area contributed by atoms with Gasteiger partial charge in [-0.3, -0.25) is 0 Å². The summed E-state index contributed by atoms with van der Waals surface area (Å²) in [5.41, 5.74) is -0.165. The SMILES string of the molecule is [CH2]C(OCC)OC(C)(C)C. The van der Waals surface area contributed by atoms with Crippen molar-refractivity contribution in [2.24, 2.45) is 0 Å². The highest BCUT2D eigenvalue weighted by atomic mass is 16.7. The van der Waals surface area contributed by atoms with Gasteiger partial charge in [-0.1, -0.05) is 0 Å². The van der Waals surface area contributed by atoms with Crippen LogP contribution in [0.2, 0.25) is 0 Å². The second-order valence-corrected chi connectivity index (χ2v) is 3.12. The number of hydrogen-bond donors (Lipinski definition) is 0. The van der Waals surface area contributed by atoms with Gasteiger partial charge in [0.25, 0.3) is 0 Å². The molecule has 0 aliphatic heterocycles. The van der Waals surface area contributed by atoms with Crippen LogP contribution in [0.5, 0.6) is 0 Å². The summed E-state index contributed by atoms with van der Waals surface area (Å²) in [5.74, 6) is 0. The van der Waals surface area contributed by atoms with Gasteiger partial charge in [-0.15, -0.1) is 0 Å². The molecule has 2 heteroatoms. The van der Waals surface area contributed by atoms with Crippen LogP contribution in [0.4, 0.5) is 0 Å². The standard InChI is InChI=1S/C8H17O2/c1-6-9-7(2)10-8(3,4)5/h7H,2,6H2,1,3-5H3. The molecule has 0 rings (SSSR count). The molecule has 10 heavy (non-hydrogen) atoms. The van der Waals surface area contributed by atoms with E-state index in [2.05, 4.69) is 6.92 Å². The molecule has 0 spiro atoms. The van der Waals surface area contributed by atoms with Crippen molar-refractivity contribution in [3.63, 3.8) is 0 Å². The normalized spacial score (nSPS) is 15.3. The monoisotopic (exact) mass is 145 g/mol. The van der Waals surface area contributed by atoms with Crippen molar-refractivity contribution in [1.29, 1.82) is 0 Å². The van der Waals surface area contributed by atoms with Gasteiger partial charge in [0.1, 0.15) is 0 Å². The van der Waals surface area contributed by atoms with E-state index in [0.29, 0.717) is 6.61 Å². The van der Waals surface area contributed by atoms with Crippen LogP contribution in [0.25, 0.3) is 0 Å². The molecule has 61 valence electrons. The van der Waals surface area contributed by atoms with E-state index >= 15 is 0 Å². The maximum Gasteiger partial charge on any atom is 0.158 e. The Labute approximate surface area is 63.5 Å². The molecular weight excluding hydrogens is 128 g/mol. The van der Waals surface area contributed by atoms with E-state index in [0.717, 1.165) is 0 Å². The van der Waals surface area contributed by atoms with Crippen LogP contribution in [-0.4, -0.2) is 18.5 Å². The molecule has 0 aliphatic rings. The average molecular weight is 145 g/mol. The van der Waals surface area contributed by atoms with Gasteiger partial charge in [-0.05, 0) is 27.7 Å². The van der Waals surface area contributed by atoms with Crippen molar-refractivity contribution in [2.75, 3.05) is 6.61 Å². The third kappa shape index (κ3) is 6.05. The Bertz CT molecular complexity index is 83.7. The van der Waals surface area contributed by atoms with Crippen LogP contribution in [0.1, 0.15) is 27.7 Å². The van der Waals surface area contributed by atoms with Crippen molar-refractivity contribution in [1.82, 2.24) is 0 Å². The lowest BCUT2D eigenvalue weighted by Crippen LogP contribution is -2.27. The van der Waals surface area contributed by atoms with E-state index < -0.39 is 0 Å². The molecule has 0 aromatic carbocycles. The summed E-state index contributed by atoms with van der Waals surface area (Å²) >= 11 is 0. The van der Waals surface area contributed by atoms with Crippen LogP contribution < -0.4 is 0 Å². The molecule has 0 fully saturated rings. The maximum absolute atomic E-state index is 5.34. The van der Waals surface area contributed by atoms with E-state index in [4.69, 9.17) is 9.47 Å².